The summed E-state index contributed by atoms with van der Waals surface area (Å²) in [7, 11) is 1.69. The van der Waals surface area contributed by atoms with E-state index in [9.17, 15) is 4.79 Å². The lowest BCUT2D eigenvalue weighted by atomic mass is 9.97. The number of hydrogen-bond donors (Lipinski definition) is 1. The molecular formula is C24H33N3O2. The highest BCUT2D eigenvalue weighted by atomic mass is 16.5. The van der Waals surface area contributed by atoms with Crippen molar-refractivity contribution in [1.29, 1.82) is 0 Å². The van der Waals surface area contributed by atoms with Crippen molar-refractivity contribution in [1.82, 2.24) is 10.2 Å². The minimum absolute atomic E-state index is 0.0711. The molecule has 2 aromatic carbocycles. The van der Waals surface area contributed by atoms with Gasteiger partial charge in [0, 0.05) is 37.9 Å². The van der Waals surface area contributed by atoms with Gasteiger partial charge in [-0.3, -0.25) is 9.69 Å². The Kier molecular flexibility index (Phi) is 7.53. The van der Waals surface area contributed by atoms with E-state index in [4.69, 9.17) is 4.74 Å². The fraction of sp³-hybridized carbons (Fsp3) is 0.458. The number of nitrogens with one attached hydrogen (secondary N) is 1. The molecule has 0 aromatic heterocycles. The highest BCUT2D eigenvalue weighted by Crippen LogP contribution is 2.23. The number of rotatable bonds is 8. The second-order valence-electron chi connectivity index (χ2n) is 8.13. The second kappa shape index (κ2) is 10.3. The van der Waals surface area contributed by atoms with E-state index >= 15 is 0 Å². The molecule has 1 aliphatic heterocycles. The Hall–Kier alpha value is -2.53. The Labute approximate surface area is 174 Å². The molecule has 0 unspecified atom stereocenters. The molecule has 5 nitrogen and oxygen atoms in total. The normalized spacial score (nSPS) is 15.9. The van der Waals surface area contributed by atoms with Gasteiger partial charge in [-0.25, -0.2) is 0 Å². The van der Waals surface area contributed by atoms with Crippen LogP contribution < -0.4 is 15.0 Å². The summed E-state index contributed by atoms with van der Waals surface area (Å²) in [5.74, 6) is 1.50. The molecule has 0 bridgehead atoms. The minimum Gasteiger partial charge on any atom is -0.497 e. The summed E-state index contributed by atoms with van der Waals surface area (Å²) >= 11 is 0. The molecule has 0 saturated carbocycles. The van der Waals surface area contributed by atoms with Crippen molar-refractivity contribution in [2.45, 2.75) is 26.3 Å². The summed E-state index contributed by atoms with van der Waals surface area (Å²) in [6.07, 6.45) is 0.944. The van der Waals surface area contributed by atoms with E-state index in [2.05, 4.69) is 53.2 Å². The Bertz CT molecular complexity index is 771. The van der Waals surface area contributed by atoms with Crippen LogP contribution in [0.4, 0.5) is 5.69 Å². The summed E-state index contributed by atoms with van der Waals surface area (Å²) in [4.78, 5) is 17.3. The largest absolute Gasteiger partial charge is 0.497 e. The Morgan fingerprint density at radius 3 is 2.41 bits per heavy atom. The number of carbonyl (C=O) groups is 1. The van der Waals surface area contributed by atoms with Crippen molar-refractivity contribution in [3.63, 3.8) is 0 Å². The minimum atomic E-state index is 0.0711. The average Bonchev–Trinajstić information content (AvgIpc) is 2.74. The van der Waals surface area contributed by atoms with E-state index in [1.54, 1.807) is 7.11 Å². The first-order valence-corrected chi connectivity index (χ1v) is 10.5. The number of amides is 1. The smallest absolute Gasteiger partial charge is 0.234 e. The summed E-state index contributed by atoms with van der Waals surface area (Å²) < 4.78 is 5.33. The van der Waals surface area contributed by atoms with Crippen molar-refractivity contribution in [2.75, 3.05) is 44.7 Å². The van der Waals surface area contributed by atoms with Crippen LogP contribution in [-0.4, -0.2) is 50.6 Å². The first kappa shape index (κ1) is 21.2. The van der Waals surface area contributed by atoms with Crippen molar-refractivity contribution >= 4 is 11.6 Å². The highest BCUT2D eigenvalue weighted by Gasteiger charge is 2.21. The molecule has 29 heavy (non-hydrogen) atoms. The first-order valence-electron chi connectivity index (χ1n) is 10.5. The number of hydrogen-bond acceptors (Lipinski definition) is 4. The van der Waals surface area contributed by atoms with Crippen LogP contribution in [0.1, 0.15) is 31.9 Å². The number of anilines is 1. The molecule has 1 aliphatic rings. The quantitative estimate of drug-likeness (QED) is 0.740. The van der Waals surface area contributed by atoms with E-state index < -0.39 is 0 Å². The van der Waals surface area contributed by atoms with Crippen LogP contribution in [0.3, 0.4) is 0 Å². The third kappa shape index (κ3) is 6.23. The zero-order chi connectivity index (χ0) is 20.6. The predicted octanol–water partition coefficient (Wildman–Crippen LogP) is 3.72. The van der Waals surface area contributed by atoms with Gasteiger partial charge in [0.15, 0.2) is 0 Å². The molecule has 1 atom stereocenters. The van der Waals surface area contributed by atoms with Crippen LogP contribution in [0.25, 0.3) is 0 Å². The molecule has 1 saturated heterocycles. The standard InChI is InChI=1S/C24H33N3O2/c1-19(2)16-23(20-8-5-4-6-9-20)25-24(28)18-26-12-14-27(15-13-26)21-10-7-11-22(17-21)29-3/h4-11,17,19,23H,12-16,18H2,1-3H3,(H,25,28)/t23-/m1/s1. The van der Waals surface area contributed by atoms with Gasteiger partial charge in [0.25, 0.3) is 0 Å². The van der Waals surface area contributed by atoms with Gasteiger partial charge >= 0.3 is 0 Å². The molecule has 0 radical (unpaired) electrons. The zero-order valence-electron chi connectivity index (χ0n) is 17.8. The maximum Gasteiger partial charge on any atom is 0.234 e. The fourth-order valence-electron chi connectivity index (χ4n) is 3.85. The Balaban J connectivity index is 1.52. The number of ether oxygens (including phenoxy) is 1. The van der Waals surface area contributed by atoms with Crippen LogP contribution in [-0.2, 0) is 4.79 Å². The zero-order valence-corrected chi connectivity index (χ0v) is 17.8. The monoisotopic (exact) mass is 395 g/mol. The maximum atomic E-state index is 12.7. The number of nitrogens with zero attached hydrogens (tertiary/aromatic N) is 2. The van der Waals surface area contributed by atoms with Gasteiger partial charge < -0.3 is 15.0 Å². The Morgan fingerprint density at radius 2 is 1.76 bits per heavy atom. The molecular weight excluding hydrogens is 362 g/mol. The van der Waals surface area contributed by atoms with Crippen molar-refractivity contribution in [3.05, 3.63) is 60.2 Å². The summed E-state index contributed by atoms with van der Waals surface area (Å²) in [6, 6.07) is 18.5. The lowest BCUT2D eigenvalue weighted by molar-refractivity contribution is -0.123. The van der Waals surface area contributed by atoms with Crippen molar-refractivity contribution in [2.24, 2.45) is 5.92 Å². The molecule has 1 amide bonds. The van der Waals surface area contributed by atoms with E-state index in [0.717, 1.165) is 38.3 Å². The van der Waals surface area contributed by atoms with Gasteiger partial charge in [-0.15, -0.1) is 0 Å². The van der Waals surface area contributed by atoms with Crippen LogP contribution in [0.2, 0.25) is 0 Å². The fourth-order valence-corrected chi connectivity index (χ4v) is 3.85. The first-order chi connectivity index (χ1) is 14.0. The summed E-state index contributed by atoms with van der Waals surface area (Å²) in [5.41, 5.74) is 2.35. The third-order valence-electron chi connectivity index (χ3n) is 5.40. The van der Waals surface area contributed by atoms with Crippen LogP contribution in [0.15, 0.2) is 54.6 Å². The van der Waals surface area contributed by atoms with Crippen molar-refractivity contribution in [3.8, 4) is 5.75 Å². The number of piperazine rings is 1. The van der Waals surface area contributed by atoms with E-state index in [-0.39, 0.29) is 11.9 Å². The molecule has 0 spiro atoms. The molecule has 1 N–H and O–H groups in total. The van der Waals surface area contributed by atoms with Crippen LogP contribution >= 0.6 is 0 Å². The molecule has 156 valence electrons. The highest BCUT2D eigenvalue weighted by molar-refractivity contribution is 5.78. The summed E-state index contributed by atoms with van der Waals surface area (Å²) in [6.45, 7) is 8.42. The average molecular weight is 396 g/mol. The topological polar surface area (TPSA) is 44.8 Å². The molecule has 5 heteroatoms. The lowest BCUT2D eigenvalue weighted by Crippen LogP contribution is -2.49. The van der Waals surface area contributed by atoms with Crippen LogP contribution in [0, 0.1) is 5.92 Å². The van der Waals surface area contributed by atoms with Gasteiger partial charge in [0.1, 0.15) is 5.75 Å². The van der Waals surface area contributed by atoms with Gasteiger partial charge in [-0.05, 0) is 30.0 Å². The van der Waals surface area contributed by atoms with Gasteiger partial charge in [0.05, 0.1) is 19.7 Å². The molecule has 3 rings (SSSR count). The molecule has 1 heterocycles. The van der Waals surface area contributed by atoms with E-state index in [1.807, 2.05) is 30.3 Å². The molecule has 0 aliphatic carbocycles. The Morgan fingerprint density at radius 1 is 1.03 bits per heavy atom. The van der Waals surface area contributed by atoms with Gasteiger partial charge in [-0.2, -0.15) is 0 Å². The van der Waals surface area contributed by atoms with E-state index in [1.165, 1.54) is 11.3 Å². The van der Waals surface area contributed by atoms with E-state index in [0.29, 0.717) is 12.5 Å². The lowest BCUT2D eigenvalue weighted by Gasteiger charge is -2.36. The SMILES string of the molecule is COc1cccc(N2CCN(CC(=O)N[C@H](CC(C)C)c3ccccc3)CC2)c1. The second-order valence-corrected chi connectivity index (χ2v) is 8.13. The van der Waals surface area contributed by atoms with Gasteiger partial charge in [0.2, 0.25) is 5.91 Å². The predicted molar refractivity (Wildman–Crippen MR) is 118 cm³/mol. The number of methoxy groups -OCH3 is 1. The maximum absolute atomic E-state index is 12.7. The molecule has 1 fully saturated rings. The number of benzene rings is 2. The van der Waals surface area contributed by atoms with Crippen LogP contribution in [0.5, 0.6) is 5.75 Å². The van der Waals surface area contributed by atoms with Gasteiger partial charge in [-0.1, -0.05) is 50.2 Å². The molecule has 2 aromatic rings. The van der Waals surface area contributed by atoms with Crippen molar-refractivity contribution < 1.29 is 9.53 Å². The number of carbonyl (C=O) groups excluding carboxylic acids is 1. The third-order valence-corrected chi connectivity index (χ3v) is 5.40. The summed E-state index contributed by atoms with van der Waals surface area (Å²) in [5, 5.41) is 3.26.